The predicted octanol–water partition coefficient (Wildman–Crippen LogP) is 1.94. The van der Waals surface area contributed by atoms with Gasteiger partial charge in [0.2, 0.25) is 17.7 Å². The van der Waals surface area contributed by atoms with Crippen LogP contribution in [0.2, 0.25) is 0 Å². The Balaban J connectivity index is 2.88. The van der Waals surface area contributed by atoms with E-state index in [9.17, 15) is 14.4 Å². The number of nitrogens with zero attached hydrogens (tertiary/aromatic N) is 1. The zero-order chi connectivity index (χ0) is 19.4. The van der Waals surface area contributed by atoms with Crippen LogP contribution in [0.15, 0.2) is 0 Å². The summed E-state index contributed by atoms with van der Waals surface area (Å²) in [5, 5.41) is 11.6. The Morgan fingerprint density at radius 3 is 2.54 bits per heavy atom. The highest BCUT2D eigenvalue weighted by atomic mass is 32.2. The molecule has 0 aromatic carbocycles. The van der Waals surface area contributed by atoms with E-state index in [1.54, 1.807) is 29.2 Å². The molecule has 1 fully saturated rings. The molecule has 0 radical (unpaired) electrons. The lowest BCUT2D eigenvalue weighted by Gasteiger charge is -2.26. The molecule has 0 bridgehead atoms. The van der Waals surface area contributed by atoms with Crippen LogP contribution in [0.25, 0.3) is 0 Å². The largest absolute Gasteiger partial charge is 0.344 e. The summed E-state index contributed by atoms with van der Waals surface area (Å²) in [5.74, 6) is -0.685. The van der Waals surface area contributed by atoms with Crippen molar-refractivity contribution < 1.29 is 19.6 Å². The number of likely N-dealkylation sites (N-methyl/N-ethyl adjacent to an activating group) is 1. The van der Waals surface area contributed by atoms with Gasteiger partial charge in [0, 0.05) is 25.9 Å². The van der Waals surface area contributed by atoms with Crippen LogP contribution in [0.3, 0.4) is 0 Å². The minimum absolute atomic E-state index is 0.0678. The van der Waals surface area contributed by atoms with Crippen molar-refractivity contribution in [3.05, 3.63) is 0 Å². The number of rotatable bonds is 5. The van der Waals surface area contributed by atoms with E-state index in [1.807, 2.05) is 6.26 Å². The second-order valence-electron chi connectivity index (χ2n) is 6.95. The number of thioether (sulfide) groups is 1. The van der Waals surface area contributed by atoms with Gasteiger partial charge in [-0.2, -0.15) is 11.8 Å². The maximum atomic E-state index is 12.7. The van der Waals surface area contributed by atoms with Gasteiger partial charge >= 0.3 is 0 Å². The Bertz CT molecular complexity index is 462. The molecule has 8 heteroatoms. The summed E-state index contributed by atoms with van der Waals surface area (Å²) in [6.45, 7) is 0.695. The fraction of sp³-hybridized carbons (Fsp3) is 0.833. The van der Waals surface area contributed by atoms with Crippen LogP contribution in [-0.2, 0) is 14.4 Å². The number of hydrogen-bond donors (Lipinski definition) is 3. The van der Waals surface area contributed by atoms with E-state index in [-0.39, 0.29) is 18.2 Å². The lowest BCUT2D eigenvalue weighted by Crippen LogP contribution is -2.50. The molecule has 0 spiro atoms. The van der Waals surface area contributed by atoms with Crippen molar-refractivity contribution in [3.63, 3.8) is 0 Å². The van der Waals surface area contributed by atoms with Crippen molar-refractivity contribution in [2.24, 2.45) is 5.92 Å². The predicted molar refractivity (Wildman–Crippen MR) is 103 cm³/mol. The van der Waals surface area contributed by atoms with Crippen molar-refractivity contribution in [2.75, 3.05) is 25.6 Å². The highest BCUT2D eigenvalue weighted by Gasteiger charge is 2.28. The van der Waals surface area contributed by atoms with E-state index in [1.165, 1.54) is 0 Å². The van der Waals surface area contributed by atoms with Gasteiger partial charge in [-0.1, -0.05) is 32.1 Å². The first-order valence-electron chi connectivity index (χ1n) is 9.46. The van der Waals surface area contributed by atoms with Gasteiger partial charge in [0.1, 0.15) is 6.04 Å². The maximum absolute atomic E-state index is 12.7. The first-order chi connectivity index (χ1) is 12.5. The maximum Gasteiger partial charge on any atom is 0.244 e. The van der Waals surface area contributed by atoms with Gasteiger partial charge in [-0.3, -0.25) is 19.6 Å². The van der Waals surface area contributed by atoms with E-state index < -0.39 is 17.9 Å². The molecule has 1 aliphatic rings. The van der Waals surface area contributed by atoms with Crippen LogP contribution < -0.4 is 10.8 Å². The number of hydroxylamine groups is 1. The lowest BCUT2D eigenvalue weighted by molar-refractivity contribution is -0.138. The SMILES string of the molecule is CSCCC1NC(=O)C(CC(=O)NO)CCCCCCCCN(C)C1=O. The third-order valence-electron chi connectivity index (χ3n) is 4.82. The second-order valence-corrected chi connectivity index (χ2v) is 7.93. The molecule has 150 valence electrons. The molecule has 0 saturated carbocycles. The second kappa shape index (κ2) is 13.0. The molecule has 1 heterocycles. The van der Waals surface area contributed by atoms with Gasteiger partial charge in [-0.05, 0) is 31.3 Å². The fourth-order valence-corrected chi connectivity index (χ4v) is 3.67. The molecular formula is C18H33N3O4S. The molecule has 2 atom stereocenters. The Hall–Kier alpha value is -1.28. The van der Waals surface area contributed by atoms with Crippen LogP contribution >= 0.6 is 11.8 Å². The zero-order valence-corrected chi connectivity index (χ0v) is 16.8. The van der Waals surface area contributed by atoms with E-state index >= 15 is 0 Å². The van der Waals surface area contributed by atoms with Crippen molar-refractivity contribution in [1.29, 1.82) is 0 Å². The van der Waals surface area contributed by atoms with Crippen molar-refractivity contribution in [3.8, 4) is 0 Å². The molecule has 3 amide bonds. The Morgan fingerprint density at radius 1 is 1.23 bits per heavy atom. The minimum atomic E-state index is -0.574. The molecule has 3 N–H and O–H groups in total. The van der Waals surface area contributed by atoms with E-state index in [4.69, 9.17) is 5.21 Å². The normalized spacial score (nSPS) is 23.9. The van der Waals surface area contributed by atoms with Crippen LogP contribution in [0, 0.1) is 5.92 Å². The number of carbonyl (C=O) groups excluding carboxylic acids is 3. The monoisotopic (exact) mass is 387 g/mol. The van der Waals surface area contributed by atoms with Gasteiger partial charge in [0.15, 0.2) is 0 Å². The number of carbonyl (C=O) groups is 3. The van der Waals surface area contributed by atoms with Crippen molar-refractivity contribution in [2.45, 2.75) is 63.8 Å². The quantitative estimate of drug-likeness (QED) is 0.495. The molecule has 1 rings (SSSR count). The number of hydrogen-bond acceptors (Lipinski definition) is 5. The van der Waals surface area contributed by atoms with E-state index in [0.717, 1.165) is 44.3 Å². The molecule has 0 aromatic rings. The molecule has 7 nitrogen and oxygen atoms in total. The van der Waals surface area contributed by atoms with Gasteiger partial charge in [-0.25, -0.2) is 5.48 Å². The Kier molecular flexibility index (Phi) is 11.4. The minimum Gasteiger partial charge on any atom is -0.344 e. The van der Waals surface area contributed by atoms with Crippen LogP contribution in [0.4, 0.5) is 0 Å². The number of nitrogens with one attached hydrogen (secondary N) is 2. The molecule has 26 heavy (non-hydrogen) atoms. The highest BCUT2D eigenvalue weighted by molar-refractivity contribution is 7.98. The smallest absolute Gasteiger partial charge is 0.244 e. The lowest BCUT2D eigenvalue weighted by atomic mass is 9.95. The Labute approximate surface area is 160 Å². The average molecular weight is 388 g/mol. The fourth-order valence-electron chi connectivity index (χ4n) is 3.20. The van der Waals surface area contributed by atoms with E-state index in [2.05, 4.69) is 5.32 Å². The summed E-state index contributed by atoms with van der Waals surface area (Å²) in [6, 6.07) is -0.567. The number of amides is 3. The summed E-state index contributed by atoms with van der Waals surface area (Å²) in [4.78, 5) is 38.7. The first kappa shape index (κ1) is 22.8. The van der Waals surface area contributed by atoms with Crippen LogP contribution in [-0.4, -0.2) is 59.5 Å². The Morgan fingerprint density at radius 2 is 1.88 bits per heavy atom. The molecule has 2 unspecified atom stereocenters. The average Bonchev–Trinajstić information content (AvgIpc) is 2.64. The van der Waals surface area contributed by atoms with Crippen LogP contribution in [0.1, 0.15) is 57.8 Å². The van der Waals surface area contributed by atoms with Gasteiger partial charge in [0.05, 0.1) is 0 Å². The molecular weight excluding hydrogens is 354 g/mol. The summed E-state index contributed by atoms with van der Waals surface area (Å²) >= 11 is 1.63. The van der Waals surface area contributed by atoms with Gasteiger partial charge < -0.3 is 10.2 Å². The van der Waals surface area contributed by atoms with Crippen LogP contribution in [0.5, 0.6) is 0 Å². The summed E-state index contributed by atoms with van der Waals surface area (Å²) in [6.07, 6.45) is 9.21. The van der Waals surface area contributed by atoms with Crippen molar-refractivity contribution in [1.82, 2.24) is 15.7 Å². The first-order valence-corrected chi connectivity index (χ1v) is 10.9. The summed E-state index contributed by atoms with van der Waals surface area (Å²) in [5.41, 5.74) is 1.60. The third-order valence-corrected chi connectivity index (χ3v) is 5.47. The summed E-state index contributed by atoms with van der Waals surface area (Å²) in [7, 11) is 1.78. The molecule has 0 aromatic heterocycles. The van der Waals surface area contributed by atoms with E-state index in [0.29, 0.717) is 19.4 Å². The summed E-state index contributed by atoms with van der Waals surface area (Å²) < 4.78 is 0. The molecule has 1 saturated heterocycles. The molecule has 1 aliphatic heterocycles. The molecule has 0 aliphatic carbocycles. The van der Waals surface area contributed by atoms with Gasteiger partial charge in [-0.15, -0.1) is 0 Å². The van der Waals surface area contributed by atoms with Gasteiger partial charge in [0.25, 0.3) is 0 Å². The topological polar surface area (TPSA) is 98.7 Å². The third kappa shape index (κ3) is 8.40. The standard InChI is InChI=1S/C18H33N3O4S/c1-21-11-8-6-4-3-5-7-9-14(13-16(22)20-25)17(23)19-15(18(21)24)10-12-26-2/h14-15,25H,3-13H2,1-2H3,(H,19,23)(H,20,22). The zero-order valence-electron chi connectivity index (χ0n) is 16.0. The van der Waals surface area contributed by atoms with Crippen molar-refractivity contribution >= 4 is 29.5 Å². The highest BCUT2D eigenvalue weighted by Crippen LogP contribution is 2.18.